The lowest BCUT2D eigenvalue weighted by Crippen LogP contribution is -2.29. The number of carbonyl (C=O) groups excluding carboxylic acids is 2. The van der Waals surface area contributed by atoms with Gasteiger partial charge < -0.3 is 14.7 Å². The molecule has 0 saturated carbocycles. The summed E-state index contributed by atoms with van der Waals surface area (Å²) in [6, 6.07) is 13.5. The molecule has 1 N–H and O–H groups in total. The minimum atomic E-state index is -1.07. The Morgan fingerprint density at radius 2 is 1.91 bits per heavy atom. The number of amides is 1. The number of nitrogens with zero attached hydrogens (tertiary/aromatic N) is 2. The molecule has 6 nitrogen and oxygen atoms in total. The van der Waals surface area contributed by atoms with Gasteiger partial charge in [-0.3, -0.25) is 14.6 Å². The van der Waals surface area contributed by atoms with Crippen LogP contribution < -0.4 is 4.74 Å². The van der Waals surface area contributed by atoms with Gasteiger partial charge >= 0.3 is 0 Å². The molecule has 0 unspecified atom stereocenters. The highest BCUT2D eigenvalue weighted by Crippen LogP contribution is 2.42. The van der Waals surface area contributed by atoms with Gasteiger partial charge in [-0.05, 0) is 54.4 Å². The number of aliphatic hydroxyl groups is 1. The fourth-order valence-corrected chi connectivity index (χ4v) is 4.47. The molecular formula is C26H21FN2O4. The van der Waals surface area contributed by atoms with E-state index in [1.807, 2.05) is 6.92 Å². The lowest BCUT2D eigenvalue weighted by molar-refractivity contribution is -0.140. The predicted octanol–water partition coefficient (Wildman–Crippen LogP) is 4.17. The molecule has 3 aromatic rings. The van der Waals surface area contributed by atoms with E-state index in [4.69, 9.17) is 4.74 Å². The largest absolute Gasteiger partial charge is 0.507 e. The maximum absolute atomic E-state index is 14.9. The number of benzene rings is 2. The second kappa shape index (κ2) is 8.16. The van der Waals surface area contributed by atoms with Crippen molar-refractivity contribution in [3.05, 3.63) is 101 Å². The van der Waals surface area contributed by atoms with E-state index in [0.29, 0.717) is 12.0 Å². The number of Topliss-reactive ketones (excluding diaryl/α,β-unsaturated/α-hetero) is 1. The molecule has 1 fully saturated rings. The van der Waals surface area contributed by atoms with E-state index in [1.165, 1.54) is 23.1 Å². The minimum absolute atomic E-state index is 0.0155. The third-order valence-electron chi connectivity index (χ3n) is 6.01. The maximum Gasteiger partial charge on any atom is 0.295 e. The van der Waals surface area contributed by atoms with Gasteiger partial charge in [-0.1, -0.05) is 18.2 Å². The van der Waals surface area contributed by atoms with Crippen molar-refractivity contribution in [2.75, 3.05) is 0 Å². The zero-order valence-electron chi connectivity index (χ0n) is 17.9. The summed E-state index contributed by atoms with van der Waals surface area (Å²) < 4.78 is 20.6. The smallest absolute Gasteiger partial charge is 0.295 e. The lowest BCUT2D eigenvalue weighted by Gasteiger charge is -2.25. The Balaban J connectivity index is 1.65. The average molecular weight is 444 g/mol. The highest BCUT2D eigenvalue weighted by Gasteiger charge is 2.47. The Hall–Kier alpha value is -4.00. The number of rotatable bonds is 4. The Labute approximate surface area is 190 Å². The summed E-state index contributed by atoms with van der Waals surface area (Å²) >= 11 is 0. The average Bonchev–Trinajstić information content (AvgIpc) is 3.31. The highest BCUT2D eigenvalue weighted by atomic mass is 19.1. The van der Waals surface area contributed by atoms with E-state index in [2.05, 4.69) is 4.98 Å². The molecule has 2 aliphatic rings. The van der Waals surface area contributed by atoms with Crippen LogP contribution in [0, 0.1) is 5.82 Å². The van der Waals surface area contributed by atoms with Crippen LogP contribution in [-0.2, 0) is 22.6 Å². The van der Waals surface area contributed by atoms with Crippen LogP contribution in [0.25, 0.3) is 5.76 Å². The van der Waals surface area contributed by atoms with Crippen molar-refractivity contribution in [3.63, 3.8) is 0 Å². The number of aliphatic hydroxyl groups excluding tert-OH is 1. The van der Waals surface area contributed by atoms with Gasteiger partial charge in [0, 0.05) is 36.5 Å². The molecule has 33 heavy (non-hydrogen) atoms. The monoisotopic (exact) mass is 444 g/mol. The Morgan fingerprint density at radius 1 is 1.15 bits per heavy atom. The SMILES string of the molecule is C[C@H]1Cc2cc(/C(O)=C3\C(=O)C(=O)N(Cc4ccncc4)[C@@H]3c3ccccc3F)ccc2O1. The van der Waals surface area contributed by atoms with Crippen molar-refractivity contribution in [1.29, 1.82) is 0 Å². The van der Waals surface area contributed by atoms with E-state index in [9.17, 15) is 19.1 Å². The molecule has 1 aromatic heterocycles. The normalized spacial score (nSPS) is 21.2. The lowest BCUT2D eigenvalue weighted by atomic mass is 9.94. The molecule has 0 radical (unpaired) electrons. The number of ketones is 1. The highest BCUT2D eigenvalue weighted by molar-refractivity contribution is 6.46. The van der Waals surface area contributed by atoms with E-state index in [0.717, 1.165) is 16.9 Å². The van der Waals surface area contributed by atoms with Crippen LogP contribution in [-0.4, -0.2) is 32.8 Å². The zero-order chi connectivity index (χ0) is 23.1. The summed E-state index contributed by atoms with van der Waals surface area (Å²) in [7, 11) is 0. The standard InChI is InChI=1S/C26H21FN2O4/c1-15-12-18-13-17(6-7-21(18)33-15)24(30)22-23(19-4-2-3-5-20(19)27)29(26(32)25(22)31)14-16-8-10-28-11-9-16/h2-11,13,15,23,30H,12,14H2,1H3/b24-22+/t15-,23+/m0/s1. The first kappa shape index (κ1) is 20.9. The van der Waals surface area contributed by atoms with Crippen LogP contribution in [0.5, 0.6) is 5.75 Å². The summed E-state index contributed by atoms with van der Waals surface area (Å²) in [6.45, 7) is 2.01. The first-order valence-electron chi connectivity index (χ1n) is 10.7. The molecule has 0 spiro atoms. The maximum atomic E-state index is 14.9. The fourth-order valence-electron chi connectivity index (χ4n) is 4.47. The summed E-state index contributed by atoms with van der Waals surface area (Å²) in [4.78, 5) is 31.5. The number of ether oxygens (including phenoxy) is 1. The number of aromatic nitrogens is 1. The van der Waals surface area contributed by atoms with Gasteiger partial charge in [0.2, 0.25) is 0 Å². The Morgan fingerprint density at radius 3 is 2.67 bits per heavy atom. The molecule has 1 amide bonds. The molecule has 5 rings (SSSR count). The molecule has 2 aliphatic heterocycles. The van der Waals surface area contributed by atoms with Gasteiger partial charge in [0.05, 0.1) is 11.6 Å². The summed E-state index contributed by atoms with van der Waals surface area (Å²) in [5.74, 6) is -1.81. The van der Waals surface area contributed by atoms with Gasteiger partial charge in [0.1, 0.15) is 23.4 Å². The summed E-state index contributed by atoms with van der Waals surface area (Å²) in [5.41, 5.74) is 2.03. The van der Waals surface area contributed by atoms with Gasteiger partial charge in [-0.2, -0.15) is 0 Å². The third kappa shape index (κ3) is 3.65. The van der Waals surface area contributed by atoms with Crippen LogP contribution in [0.4, 0.5) is 4.39 Å². The second-order valence-corrected chi connectivity index (χ2v) is 8.26. The second-order valence-electron chi connectivity index (χ2n) is 8.26. The molecule has 3 heterocycles. The van der Waals surface area contributed by atoms with Crippen molar-refractivity contribution in [3.8, 4) is 5.75 Å². The van der Waals surface area contributed by atoms with E-state index >= 15 is 0 Å². The fraction of sp³-hybridized carbons (Fsp3) is 0.192. The van der Waals surface area contributed by atoms with Gasteiger partial charge in [0.25, 0.3) is 11.7 Å². The minimum Gasteiger partial charge on any atom is -0.507 e. The molecule has 1 saturated heterocycles. The third-order valence-corrected chi connectivity index (χ3v) is 6.01. The van der Waals surface area contributed by atoms with E-state index in [-0.39, 0.29) is 29.5 Å². The first-order chi connectivity index (χ1) is 15.9. The van der Waals surface area contributed by atoms with Crippen LogP contribution in [0.3, 0.4) is 0 Å². The zero-order valence-corrected chi connectivity index (χ0v) is 17.9. The molecule has 0 bridgehead atoms. The molecule has 0 aliphatic carbocycles. The van der Waals surface area contributed by atoms with E-state index < -0.39 is 23.5 Å². The van der Waals surface area contributed by atoms with Crippen LogP contribution in [0.15, 0.2) is 72.6 Å². The number of pyridine rings is 1. The molecule has 166 valence electrons. The molecular weight excluding hydrogens is 423 g/mol. The van der Waals surface area contributed by atoms with Crippen LogP contribution in [0.1, 0.15) is 35.2 Å². The molecule has 2 aromatic carbocycles. The van der Waals surface area contributed by atoms with Crippen molar-refractivity contribution in [2.45, 2.75) is 32.0 Å². The van der Waals surface area contributed by atoms with Crippen molar-refractivity contribution >= 4 is 17.4 Å². The van der Waals surface area contributed by atoms with Crippen LogP contribution >= 0.6 is 0 Å². The number of hydrogen-bond donors (Lipinski definition) is 1. The van der Waals surface area contributed by atoms with Crippen molar-refractivity contribution in [2.24, 2.45) is 0 Å². The van der Waals surface area contributed by atoms with E-state index in [1.54, 1.807) is 48.8 Å². The summed E-state index contributed by atoms with van der Waals surface area (Å²) in [6.07, 6.45) is 3.85. The molecule has 2 atom stereocenters. The van der Waals surface area contributed by atoms with Crippen LogP contribution in [0.2, 0.25) is 0 Å². The topological polar surface area (TPSA) is 79.7 Å². The van der Waals surface area contributed by atoms with Gasteiger partial charge in [0.15, 0.2) is 0 Å². The quantitative estimate of drug-likeness (QED) is 0.371. The van der Waals surface area contributed by atoms with Gasteiger partial charge in [-0.25, -0.2) is 4.39 Å². The van der Waals surface area contributed by atoms with Gasteiger partial charge in [-0.15, -0.1) is 0 Å². The number of likely N-dealkylation sites (tertiary alicyclic amines) is 1. The first-order valence-corrected chi connectivity index (χ1v) is 10.7. The van der Waals surface area contributed by atoms with Crippen molar-refractivity contribution in [1.82, 2.24) is 9.88 Å². The number of halogens is 1. The number of hydrogen-bond acceptors (Lipinski definition) is 5. The Bertz CT molecular complexity index is 1290. The van der Waals surface area contributed by atoms with Crippen molar-refractivity contribution < 1.29 is 23.8 Å². The predicted molar refractivity (Wildman–Crippen MR) is 119 cm³/mol. The molecule has 7 heteroatoms. The Kier molecular flexibility index (Phi) is 5.17. The summed E-state index contributed by atoms with van der Waals surface area (Å²) in [5, 5.41) is 11.2. The number of carbonyl (C=O) groups is 2. The number of fused-ring (bicyclic) bond motifs is 1.